The van der Waals surface area contributed by atoms with Gasteiger partial charge >= 0.3 is 24.1 Å². The second-order valence-corrected chi connectivity index (χ2v) is 9.55. The van der Waals surface area contributed by atoms with Crippen LogP contribution >= 0.6 is 34.8 Å². The molecule has 0 bridgehead atoms. The molecule has 1 aliphatic rings. The molecule has 1 aromatic carbocycles. The van der Waals surface area contributed by atoms with Crippen molar-refractivity contribution in [3.05, 3.63) is 47.5 Å². The molecule has 0 atom stereocenters. The van der Waals surface area contributed by atoms with Crippen LogP contribution in [0.15, 0.2) is 36.4 Å². The van der Waals surface area contributed by atoms with Crippen LogP contribution in [-0.4, -0.2) is 34.9 Å². The molecule has 0 radical (unpaired) electrons. The molecule has 0 saturated heterocycles. The second kappa shape index (κ2) is 10.3. The molecule has 0 spiro atoms. The van der Waals surface area contributed by atoms with E-state index in [0.717, 1.165) is 12.1 Å². The first kappa shape index (κ1) is 26.3. The standard InChI is InChI=1S/C20H18Cl3F3O6/c1-12(9-15(27)30-10-16(28)31-11-19(21,22)23)17(29)32-18(7-2-8-18)13-3-5-14(6-4-13)20(24,25)26/h3-6H,1-2,7-11H2. The van der Waals surface area contributed by atoms with Crippen LogP contribution < -0.4 is 0 Å². The molecular weight excluding hydrogens is 500 g/mol. The summed E-state index contributed by atoms with van der Waals surface area (Å²) in [6.07, 6.45) is -3.52. The topological polar surface area (TPSA) is 78.9 Å². The Morgan fingerprint density at radius 1 is 1.00 bits per heavy atom. The van der Waals surface area contributed by atoms with Crippen LogP contribution in [0.1, 0.15) is 36.8 Å². The highest BCUT2D eigenvalue weighted by Gasteiger charge is 2.43. The number of hydrogen-bond donors (Lipinski definition) is 0. The summed E-state index contributed by atoms with van der Waals surface area (Å²) in [4.78, 5) is 35.7. The van der Waals surface area contributed by atoms with E-state index in [2.05, 4.69) is 16.1 Å². The molecule has 176 valence electrons. The molecule has 12 heteroatoms. The van der Waals surface area contributed by atoms with Gasteiger partial charge in [-0.3, -0.25) is 4.79 Å². The molecule has 0 unspecified atom stereocenters. The van der Waals surface area contributed by atoms with Gasteiger partial charge in [-0.15, -0.1) is 0 Å². The van der Waals surface area contributed by atoms with Crippen LogP contribution in [0.4, 0.5) is 13.2 Å². The Balaban J connectivity index is 1.88. The number of rotatable bonds is 8. The van der Waals surface area contributed by atoms with Gasteiger partial charge in [0.1, 0.15) is 12.2 Å². The highest BCUT2D eigenvalue weighted by atomic mass is 35.6. The molecule has 0 amide bonds. The number of ether oxygens (including phenoxy) is 3. The molecule has 1 saturated carbocycles. The largest absolute Gasteiger partial charge is 0.459 e. The SMILES string of the molecule is C=C(CC(=O)OCC(=O)OCC(Cl)(Cl)Cl)C(=O)OC1(c2ccc(C(F)(F)F)cc2)CCC1. The molecule has 0 heterocycles. The molecule has 6 nitrogen and oxygen atoms in total. The highest BCUT2D eigenvalue weighted by molar-refractivity contribution is 6.67. The van der Waals surface area contributed by atoms with E-state index in [0.29, 0.717) is 24.8 Å². The van der Waals surface area contributed by atoms with Crippen molar-refractivity contribution in [1.29, 1.82) is 0 Å². The molecule has 1 fully saturated rings. The fourth-order valence-electron chi connectivity index (χ4n) is 2.80. The average molecular weight is 518 g/mol. The molecule has 0 aliphatic heterocycles. The summed E-state index contributed by atoms with van der Waals surface area (Å²) in [7, 11) is 0. The summed E-state index contributed by atoms with van der Waals surface area (Å²) in [5.41, 5.74) is -1.74. The monoisotopic (exact) mass is 516 g/mol. The molecule has 32 heavy (non-hydrogen) atoms. The van der Waals surface area contributed by atoms with Crippen LogP contribution in [0, 0.1) is 0 Å². The third kappa shape index (κ3) is 7.56. The Labute approximate surface area is 196 Å². The van der Waals surface area contributed by atoms with E-state index in [1.807, 2.05) is 0 Å². The zero-order valence-electron chi connectivity index (χ0n) is 16.5. The van der Waals surface area contributed by atoms with E-state index < -0.39 is 58.7 Å². The number of halogens is 6. The van der Waals surface area contributed by atoms with E-state index >= 15 is 0 Å². The van der Waals surface area contributed by atoms with E-state index in [1.165, 1.54) is 12.1 Å². The lowest BCUT2D eigenvalue weighted by Crippen LogP contribution is -2.39. The lowest BCUT2D eigenvalue weighted by atomic mass is 9.74. The Kier molecular flexibility index (Phi) is 8.47. The van der Waals surface area contributed by atoms with Gasteiger partial charge in [0.2, 0.25) is 3.79 Å². The number of alkyl halides is 6. The van der Waals surface area contributed by atoms with Crippen molar-refractivity contribution in [2.24, 2.45) is 0 Å². The van der Waals surface area contributed by atoms with E-state index in [4.69, 9.17) is 39.5 Å². The first-order chi connectivity index (χ1) is 14.7. The van der Waals surface area contributed by atoms with E-state index in [1.54, 1.807) is 0 Å². The zero-order chi connectivity index (χ0) is 24.2. The number of carbonyl (C=O) groups is 3. The van der Waals surface area contributed by atoms with Gasteiger partial charge in [-0.2, -0.15) is 13.2 Å². The Hall–Kier alpha value is -1.97. The van der Waals surface area contributed by atoms with Crippen LogP contribution in [0.25, 0.3) is 0 Å². The Bertz CT molecular complexity index is 874. The van der Waals surface area contributed by atoms with Crippen molar-refractivity contribution < 1.29 is 41.8 Å². The smallest absolute Gasteiger partial charge is 0.416 e. The van der Waals surface area contributed by atoms with Crippen molar-refractivity contribution in [1.82, 2.24) is 0 Å². The number of benzene rings is 1. The summed E-state index contributed by atoms with van der Waals surface area (Å²) in [6.45, 7) is 2.17. The van der Waals surface area contributed by atoms with Crippen molar-refractivity contribution in [2.75, 3.05) is 13.2 Å². The van der Waals surface area contributed by atoms with Gasteiger partial charge in [0.15, 0.2) is 6.61 Å². The molecule has 1 aliphatic carbocycles. The number of hydrogen-bond acceptors (Lipinski definition) is 6. The fraction of sp³-hybridized carbons (Fsp3) is 0.450. The lowest BCUT2D eigenvalue weighted by molar-refractivity contribution is -0.168. The van der Waals surface area contributed by atoms with Gasteiger partial charge in [-0.05, 0) is 37.0 Å². The quantitative estimate of drug-likeness (QED) is 0.208. The van der Waals surface area contributed by atoms with Gasteiger partial charge in [-0.25, -0.2) is 9.59 Å². The predicted molar refractivity (Wildman–Crippen MR) is 109 cm³/mol. The maximum absolute atomic E-state index is 12.8. The Morgan fingerprint density at radius 2 is 1.59 bits per heavy atom. The third-order valence-electron chi connectivity index (χ3n) is 4.58. The first-order valence-electron chi connectivity index (χ1n) is 9.19. The van der Waals surface area contributed by atoms with Crippen LogP contribution in [0.5, 0.6) is 0 Å². The third-order valence-corrected chi connectivity index (χ3v) is 4.91. The molecule has 1 aromatic rings. The fourth-order valence-corrected chi connectivity index (χ4v) is 2.96. The van der Waals surface area contributed by atoms with Gasteiger partial charge in [0, 0.05) is 5.57 Å². The van der Waals surface area contributed by atoms with Gasteiger partial charge < -0.3 is 14.2 Å². The van der Waals surface area contributed by atoms with Gasteiger partial charge in [-0.1, -0.05) is 53.5 Å². The summed E-state index contributed by atoms with van der Waals surface area (Å²) >= 11 is 16.3. The second-order valence-electron chi connectivity index (χ2n) is 7.03. The first-order valence-corrected chi connectivity index (χ1v) is 10.3. The van der Waals surface area contributed by atoms with Crippen LogP contribution in [0.2, 0.25) is 0 Å². The van der Waals surface area contributed by atoms with Crippen molar-refractivity contribution >= 4 is 52.7 Å². The minimum atomic E-state index is -4.48. The molecule has 0 aromatic heterocycles. The van der Waals surface area contributed by atoms with Crippen molar-refractivity contribution in [3.63, 3.8) is 0 Å². The minimum Gasteiger partial charge on any atom is -0.459 e. The maximum atomic E-state index is 12.8. The summed E-state index contributed by atoms with van der Waals surface area (Å²) < 4.78 is 51.2. The minimum absolute atomic E-state index is 0.247. The molecule has 0 N–H and O–H groups in total. The highest BCUT2D eigenvalue weighted by Crippen LogP contribution is 2.46. The summed E-state index contributed by atoms with van der Waals surface area (Å²) in [6, 6.07) is 4.35. The number of carbonyl (C=O) groups excluding carboxylic acids is 3. The van der Waals surface area contributed by atoms with Crippen LogP contribution in [0.3, 0.4) is 0 Å². The average Bonchev–Trinajstić information content (AvgIpc) is 2.66. The Morgan fingerprint density at radius 3 is 2.06 bits per heavy atom. The van der Waals surface area contributed by atoms with E-state index in [9.17, 15) is 27.6 Å². The van der Waals surface area contributed by atoms with Gasteiger partial charge in [0.05, 0.1) is 12.0 Å². The molecular formula is C20H18Cl3F3O6. The molecule has 2 rings (SSSR count). The normalized spacial score (nSPS) is 15.3. The number of esters is 3. The lowest BCUT2D eigenvalue weighted by Gasteiger charge is -2.41. The maximum Gasteiger partial charge on any atom is 0.416 e. The van der Waals surface area contributed by atoms with Crippen molar-refractivity contribution in [3.8, 4) is 0 Å². The van der Waals surface area contributed by atoms with Crippen molar-refractivity contribution in [2.45, 2.75) is 41.3 Å². The summed E-state index contributed by atoms with van der Waals surface area (Å²) in [5, 5.41) is 0. The van der Waals surface area contributed by atoms with E-state index in [-0.39, 0.29) is 5.57 Å². The van der Waals surface area contributed by atoms with Gasteiger partial charge in [0.25, 0.3) is 0 Å². The summed E-state index contributed by atoms with van der Waals surface area (Å²) in [5.74, 6) is -2.82. The predicted octanol–water partition coefficient (Wildman–Crippen LogP) is 5.03. The van der Waals surface area contributed by atoms with Crippen LogP contribution in [-0.2, 0) is 40.4 Å². The zero-order valence-corrected chi connectivity index (χ0v) is 18.7.